The molecule has 0 aliphatic heterocycles. The van der Waals surface area contributed by atoms with Crippen molar-refractivity contribution >= 4 is 6.08 Å². The minimum Gasteiger partial charge on any atom is -0.429 e. The van der Waals surface area contributed by atoms with E-state index in [1.165, 1.54) is 12.1 Å². The van der Waals surface area contributed by atoms with Gasteiger partial charge in [0, 0.05) is 29.0 Å². The van der Waals surface area contributed by atoms with Crippen molar-refractivity contribution in [2.45, 2.75) is 25.9 Å². The fraction of sp³-hybridized carbons (Fsp3) is 0.114. The van der Waals surface area contributed by atoms with E-state index < -0.39 is 69.3 Å². The summed E-state index contributed by atoms with van der Waals surface area (Å²) in [7, 11) is 0. The summed E-state index contributed by atoms with van der Waals surface area (Å²) >= 11 is 0. The van der Waals surface area contributed by atoms with Crippen molar-refractivity contribution < 1.29 is 44.3 Å². The average Bonchev–Trinajstić information content (AvgIpc) is 2.99. The van der Waals surface area contributed by atoms with Crippen molar-refractivity contribution in [2.75, 3.05) is 0 Å². The number of alkyl halides is 2. The molecule has 0 bridgehead atoms. The fourth-order valence-corrected chi connectivity index (χ4v) is 4.68. The van der Waals surface area contributed by atoms with Crippen LogP contribution in [0.3, 0.4) is 0 Å². The maximum absolute atomic E-state index is 15.1. The molecule has 5 aromatic rings. The number of hydrogen-bond acceptors (Lipinski definition) is 2. The van der Waals surface area contributed by atoms with Gasteiger partial charge in [-0.3, -0.25) is 4.98 Å². The van der Waals surface area contributed by atoms with Crippen molar-refractivity contribution in [3.05, 3.63) is 137 Å². The number of ether oxygens (including phenoxy) is 1. The molecule has 1 aromatic heterocycles. The van der Waals surface area contributed by atoms with Gasteiger partial charge in [-0.2, -0.15) is 8.78 Å². The quantitative estimate of drug-likeness (QED) is 0.118. The molecular weight excluding hydrogens is 621 g/mol. The molecule has 5 rings (SSSR count). The third-order valence-electron chi connectivity index (χ3n) is 6.94. The lowest BCUT2D eigenvalue weighted by Crippen LogP contribution is -2.25. The highest BCUT2D eigenvalue weighted by Gasteiger charge is 2.41. The van der Waals surface area contributed by atoms with E-state index in [1.54, 1.807) is 18.3 Å². The van der Waals surface area contributed by atoms with Crippen LogP contribution < -0.4 is 4.74 Å². The molecule has 0 unspecified atom stereocenters. The van der Waals surface area contributed by atoms with Crippen LogP contribution in [0.25, 0.3) is 39.6 Å². The molecule has 0 aliphatic carbocycles. The normalized spacial score (nSPS) is 11.8. The first kappa shape index (κ1) is 32.3. The summed E-state index contributed by atoms with van der Waals surface area (Å²) in [6.45, 7) is 2.05. The number of nitrogens with zero attached hydrogens (tertiary/aromatic N) is 1. The van der Waals surface area contributed by atoms with E-state index in [4.69, 9.17) is 0 Å². The van der Waals surface area contributed by atoms with Crippen LogP contribution in [0.1, 0.15) is 30.9 Å². The van der Waals surface area contributed by atoms with E-state index in [-0.39, 0.29) is 11.1 Å². The Morgan fingerprint density at radius 3 is 1.76 bits per heavy atom. The van der Waals surface area contributed by atoms with Crippen molar-refractivity contribution in [3.8, 4) is 39.3 Å². The number of halogens is 9. The molecule has 0 saturated heterocycles. The molecule has 0 saturated carbocycles. The first-order valence-corrected chi connectivity index (χ1v) is 13.8. The summed E-state index contributed by atoms with van der Waals surface area (Å²) in [5, 5.41) is 0. The third-order valence-corrected chi connectivity index (χ3v) is 6.94. The van der Waals surface area contributed by atoms with Gasteiger partial charge in [0.15, 0.2) is 17.5 Å². The molecule has 4 aromatic carbocycles. The van der Waals surface area contributed by atoms with E-state index in [1.807, 2.05) is 19.1 Å². The fourth-order valence-electron chi connectivity index (χ4n) is 4.68. The van der Waals surface area contributed by atoms with E-state index >= 15 is 4.39 Å². The molecule has 0 radical (unpaired) electrons. The summed E-state index contributed by atoms with van der Waals surface area (Å²) in [4.78, 5) is 4.31. The molecule has 0 fully saturated rings. The van der Waals surface area contributed by atoms with Gasteiger partial charge in [0.2, 0.25) is 0 Å². The van der Waals surface area contributed by atoms with Crippen molar-refractivity contribution in [1.29, 1.82) is 0 Å². The molecule has 0 atom stereocenters. The van der Waals surface area contributed by atoms with E-state index in [9.17, 15) is 35.1 Å². The minimum atomic E-state index is -4.68. The molecule has 46 heavy (non-hydrogen) atoms. The summed E-state index contributed by atoms with van der Waals surface area (Å²) in [6, 6.07) is 11.2. The Balaban J connectivity index is 1.37. The summed E-state index contributed by atoms with van der Waals surface area (Å²) in [5.74, 6) is -11.6. The van der Waals surface area contributed by atoms with Crippen LogP contribution in [-0.2, 0) is 6.11 Å². The minimum absolute atomic E-state index is 0.275. The number of allylic oxidation sites excluding steroid dienone is 1. The second-order valence-electron chi connectivity index (χ2n) is 10.2. The number of benzene rings is 4. The number of hydrogen-bond donors (Lipinski definition) is 0. The summed E-state index contributed by atoms with van der Waals surface area (Å²) < 4.78 is 134. The topological polar surface area (TPSA) is 22.1 Å². The number of aromatic nitrogens is 1. The van der Waals surface area contributed by atoms with Crippen molar-refractivity contribution in [2.24, 2.45) is 0 Å². The largest absolute Gasteiger partial charge is 0.432 e. The lowest BCUT2D eigenvalue weighted by atomic mass is 9.99. The predicted molar refractivity (Wildman–Crippen MR) is 155 cm³/mol. The predicted octanol–water partition coefficient (Wildman–Crippen LogP) is 11.0. The summed E-state index contributed by atoms with van der Waals surface area (Å²) in [6.07, 6.45) is 2.73. The number of unbranched alkanes of at least 4 members (excludes halogenated alkanes) is 1. The Morgan fingerprint density at radius 2 is 1.22 bits per heavy atom. The first-order chi connectivity index (χ1) is 21.9. The third kappa shape index (κ3) is 6.78. The molecule has 1 heterocycles. The molecule has 0 aliphatic rings. The molecule has 0 spiro atoms. The number of pyridine rings is 1. The van der Waals surface area contributed by atoms with Crippen LogP contribution in [0.2, 0.25) is 0 Å². The highest BCUT2D eigenvalue weighted by molar-refractivity contribution is 5.70. The Kier molecular flexibility index (Phi) is 9.22. The van der Waals surface area contributed by atoms with E-state index in [0.29, 0.717) is 41.6 Å². The Morgan fingerprint density at radius 1 is 0.652 bits per heavy atom. The SMILES string of the molecule is CCCC=Cc1ccc(-c2ccc(-c3cc(F)c(C(F)(F)Oc4ccc(-c5cc(F)c(F)c(F)c5)c(F)c4)c(F)c3)c(F)c2)nc1. The molecule has 11 heteroatoms. The van der Waals surface area contributed by atoms with Gasteiger partial charge in [-0.15, -0.1) is 0 Å². The number of rotatable bonds is 9. The average molecular weight is 644 g/mol. The van der Waals surface area contributed by atoms with E-state index in [2.05, 4.69) is 9.72 Å². The van der Waals surface area contributed by atoms with Crippen molar-refractivity contribution in [1.82, 2.24) is 4.98 Å². The van der Waals surface area contributed by atoms with Gasteiger partial charge in [0.05, 0.1) is 5.69 Å². The van der Waals surface area contributed by atoms with Crippen LogP contribution in [-0.4, -0.2) is 4.98 Å². The van der Waals surface area contributed by atoms with Crippen LogP contribution in [0.5, 0.6) is 5.75 Å². The zero-order valence-electron chi connectivity index (χ0n) is 23.8. The van der Waals surface area contributed by atoms with Gasteiger partial charge in [0.1, 0.15) is 34.6 Å². The Hall–Kier alpha value is -5.06. The van der Waals surface area contributed by atoms with Gasteiger partial charge >= 0.3 is 6.11 Å². The zero-order valence-corrected chi connectivity index (χ0v) is 23.8. The van der Waals surface area contributed by atoms with Crippen LogP contribution in [0.15, 0.2) is 85.1 Å². The monoisotopic (exact) mass is 643 g/mol. The highest BCUT2D eigenvalue weighted by Crippen LogP contribution is 2.39. The van der Waals surface area contributed by atoms with Gasteiger partial charge in [-0.05, 0) is 71.6 Å². The first-order valence-electron chi connectivity index (χ1n) is 13.8. The van der Waals surface area contributed by atoms with Crippen molar-refractivity contribution in [3.63, 3.8) is 0 Å². The Bertz CT molecular complexity index is 1890. The van der Waals surface area contributed by atoms with Gasteiger partial charge in [-0.1, -0.05) is 43.7 Å². The summed E-state index contributed by atoms with van der Waals surface area (Å²) in [5.41, 5.74) is -1.75. The molecular formula is C35H22F9NO. The second-order valence-corrected chi connectivity index (χ2v) is 10.2. The molecule has 0 amide bonds. The second kappa shape index (κ2) is 13.1. The smallest absolute Gasteiger partial charge is 0.429 e. The van der Waals surface area contributed by atoms with Crippen LogP contribution >= 0.6 is 0 Å². The maximum Gasteiger partial charge on any atom is 0.432 e. The van der Waals surface area contributed by atoms with Crippen LogP contribution in [0.4, 0.5) is 39.5 Å². The Labute approximate surface area is 257 Å². The zero-order chi connectivity index (χ0) is 33.2. The molecule has 236 valence electrons. The van der Waals surface area contributed by atoms with Crippen LogP contribution in [0, 0.1) is 40.7 Å². The van der Waals surface area contributed by atoms with E-state index in [0.717, 1.165) is 36.6 Å². The molecule has 2 nitrogen and oxygen atoms in total. The van der Waals surface area contributed by atoms with Gasteiger partial charge in [-0.25, -0.2) is 30.7 Å². The van der Waals surface area contributed by atoms with Gasteiger partial charge < -0.3 is 4.74 Å². The molecule has 0 N–H and O–H groups in total. The maximum atomic E-state index is 15.1. The highest BCUT2D eigenvalue weighted by atomic mass is 19.3. The van der Waals surface area contributed by atoms with Gasteiger partial charge in [0.25, 0.3) is 0 Å². The lowest BCUT2D eigenvalue weighted by Gasteiger charge is -2.20. The lowest BCUT2D eigenvalue weighted by molar-refractivity contribution is -0.189. The standard InChI is InChI=1S/C35H22F9NO/c1-2-3-4-5-19-6-11-32(45-18-19)20-7-9-24(26(36)12-20)21-13-28(38)33(29(39)14-21)35(43,44)46-23-8-10-25(27(37)17-23)22-15-30(40)34(42)31(41)16-22/h4-18H,2-3H2,1H3.